The van der Waals surface area contributed by atoms with Crippen LogP contribution in [-0.2, 0) is 38.2 Å². The molecule has 0 radical (unpaired) electrons. The number of primary amides is 1. The number of carbonyl (C=O) groups excluding carboxylic acids is 6. The number of likely N-dealkylation sites (N-methyl/N-ethyl adjacent to an activating group) is 1. The molecule has 0 aromatic carbocycles. The van der Waals surface area contributed by atoms with Gasteiger partial charge in [0, 0.05) is 20.2 Å². The number of carbonyl (C=O) groups is 6. The SMILES string of the molecule is CCCCCC[C@@H](OC(=O)CNC(=O)[C@@H](C)COCCCN)[C@@H](C)C(=O)N(C)[C@@H](CC(C)C)C(=O)N[C@H](C(=O)N[C@@H](CN)C(N)=O)C1CCCCC1. The van der Waals surface area contributed by atoms with Crippen molar-refractivity contribution in [3.63, 3.8) is 0 Å². The van der Waals surface area contributed by atoms with Crippen molar-refractivity contribution in [1.29, 1.82) is 0 Å². The highest BCUT2D eigenvalue weighted by Crippen LogP contribution is 2.28. The molecule has 1 rings (SSSR count). The van der Waals surface area contributed by atoms with E-state index in [1.54, 1.807) is 20.9 Å². The smallest absolute Gasteiger partial charge is 0.325 e. The van der Waals surface area contributed by atoms with E-state index in [0.717, 1.165) is 57.8 Å². The summed E-state index contributed by atoms with van der Waals surface area (Å²) in [4.78, 5) is 80.4. The van der Waals surface area contributed by atoms with Crippen molar-refractivity contribution in [2.45, 2.75) is 136 Å². The average molecular weight is 740 g/mol. The highest BCUT2D eigenvalue weighted by atomic mass is 16.5. The van der Waals surface area contributed by atoms with Crippen LogP contribution in [0.15, 0.2) is 0 Å². The molecule has 0 saturated heterocycles. The van der Waals surface area contributed by atoms with E-state index < -0.39 is 65.7 Å². The van der Waals surface area contributed by atoms with Gasteiger partial charge in [0.2, 0.25) is 29.5 Å². The van der Waals surface area contributed by atoms with Gasteiger partial charge in [0.1, 0.15) is 30.8 Å². The number of hydrogen-bond acceptors (Lipinski definition) is 10. The summed E-state index contributed by atoms with van der Waals surface area (Å²) in [5.74, 6) is -4.66. The van der Waals surface area contributed by atoms with E-state index in [0.29, 0.717) is 32.4 Å². The monoisotopic (exact) mass is 740 g/mol. The maximum atomic E-state index is 14.1. The Bertz CT molecular complexity index is 1120. The number of rotatable bonds is 26. The summed E-state index contributed by atoms with van der Waals surface area (Å²) in [5.41, 5.74) is 16.6. The third-order valence-corrected chi connectivity index (χ3v) is 9.70. The van der Waals surface area contributed by atoms with Crippen LogP contribution in [0.5, 0.6) is 0 Å². The zero-order valence-corrected chi connectivity index (χ0v) is 32.6. The molecule has 0 unspecified atom stereocenters. The van der Waals surface area contributed by atoms with Crippen LogP contribution in [-0.4, -0.2) is 105 Å². The van der Waals surface area contributed by atoms with E-state index in [2.05, 4.69) is 22.9 Å². The minimum absolute atomic E-state index is 0.0134. The van der Waals surface area contributed by atoms with Crippen molar-refractivity contribution in [1.82, 2.24) is 20.9 Å². The Hall–Kier alpha value is -3.30. The van der Waals surface area contributed by atoms with Crippen molar-refractivity contribution in [2.75, 3.05) is 39.9 Å². The molecule has 15 nitrogen and oxygen atoms in total. The topological polar surface area (TPSA) is 238 Å². The van der Waals surface area contributed by atoms with E-state index >= 15 is 0 Å². The molecule has 1 aliphatic rings. The van der Waals surface area contributed by atoms with Crippen molar-refractivity contribution < 1.29 is 38.2 Å². The number of unbranched alkanes of at least 4 members (excludes halogenated alkanes) is 3. The van der Waals surface area contributed by atoms with Crippen molar-refractivity contribution in [2.24, 2.45) is 40.9 Å². The molecule has 9 N–H and O–H groups in total. The lowest BCUT2D eigenvalue weighted by atomic mass is 9.83. The largest absolute Gasteiger partial charge is 0.460 e. The number of nitrogens with zero attached hydrogens (tertiary/aromatic N) is 1. The van der Waals surface area contributed by atoms with E-state index in [-0.39, 0.29) is 37.4 Å². The standard InChI is InChI=1S/C37H69N7O8/c1-7-8-9-13-17-30(52-31(45)22-41-34(47)25(4)23-51-19-14-18-38)26(5)37(50)44(6)29(20-24(2)3)35(48)43-32(27-15-11-10-12-16-27)36(49)42-28(21-39)33(40)46/h24-30,32H,7-23,38-39H2,1-6H3,(H2,40,46)(H,41,47)(H,42,49)(H,43,48)/t25-,26+,28-,29-,30+,32-/m0/s1. The minimum atomic E-state index is -1.08. The molecule has 0 bridgehead atoms. The Labute approximate surface area is 310 Å². The molecular weight excluding hydrogens is 670 g/mol. The highest BCUT2D eigenvalue weighted by Gasteiger charge is 2.38. The normalized spacial score (nSPS) is 16.9. The van der Waals surface area contributed by atoms with Crippen LogP contribution in [0.3, 0.4) is 0 Å². The summed E-state index contributed by atoms with van der Waals surface area (Å²) in [7, 11) is 1.55. The van der Waals surface area contributed by atoms with Crippen LogP contribution in [0.4, 0.5) is 0 Å². The second kappa shape index (κ2) is 25.6. The zero-order valence-electron chi connectivity index (χ0n) is 32.6. The van der Waals surface area contributed by atoms with E-state index in [4.69, 9.17) is 26.7 Å². The quantitative estimate of drug-likeness (QED) is 0.0552. The second-order valence-corrected chi connectivity index (χ2v) is 14.7. The summed E-state index contributed by atoms with van der Waals surface area (Å²) < 4.78 is 11.3. The summed E-state index contributed by atoms with van der Waals surface area (Å²) >= 11 is 0. The van der Waals surface area contributed by atoms with Gasteiger partial charge >= 0.3 is 5.97 Å². The predicted octanol–water partition coefficient (Wildman–Crippen LogP) is 1.49. The first-order valence-corrected chi connectivity index (χ1v) is 19.3. The third-order valence-electron chi connectivity index (χ3n) is 9.70. The van der Waals surface area contributed by atoms with Crippen molar-refractivity contribution in [3.05, 3.63) is 0 Å². The zero-order chi connectivity index (χ0) is 39.2. The number of hydrogen-bond donors (Lipinski definition) is 6. The van der Waals surface area contributed by atoms with Gasteiger partial charge < -0.3 is 47.5 Å². The number of ether oxygens (including phenoxy) is 2. The van der Waals surface area contributed by atoms with Crippen LogP contribution in [0.2, 0.25) is 0 Å². The van der Waals surface area contributed by atoms with Gasteiger partial charge in [-0.25, -0.2) is 0 Å². The Balaban J connectivity index is 3.15. The highest BCUT2D eigenvalue weighted by molar-refractivity contribution is 5.94. The minimum Gasteiger partial charge on any atom is -0.460 e. The Kier molecular flexibility index (Phi) is 23.0. The summed E-state index contributed by atoms with van der Waals surface area (Å²) in [6.07, 6.45) is 8.50. The van der Waals surface area contributed by atoms with Gasteiger partial charge in [-0.1, -0.05) is 73.1 Å². The van der Waals surface area contributed by atoms with Gasteiger partial charge in [0.15, 0.2) is 0 Å². The van der Waals surface area contributed by atoms with Crippen LogP contribution in [0.25, 0.3) is 0 Å². The van der Waals surface area contributed by atoms with Crippen LogP contribution in [0, 0.1) is 23.7 Å². The summed E-state index contributed by atoms with van der Waals surface area (Å²) in [5, 5.41) is 8.12. The maximum Gasteiger partial charge on any atom is 0.325 e. The molecule has 6 atom stereocenters. The van der Waals surface area contributed by atoms with Crippen LogP contribution in [0.1, 0.15) is 112 Å². The molecule has 0 aliphatic heterocycles. The van der Waals surface area contributed by atoms with Crippen molar-refractivity contribution in [3.8, 4) is 0 Å². The third kappa shape index (κ3) is 17.0. The molecule has 1 fully saturated rings. The molecule has 1 aliphatic carbocycles. The van der Waals surface area contributed by atoms with Crippen molar-refractivity contribution >= 4 is 35.5 Å². The lowest BCUT2D eigenvalue weighted by Gasteiger charge is -2.36. The van der Waals surface area contributed by atoms with Gasteiger partial charge in [0.25, 0.3) is 0 Å². The second-order valence-electron chi connectivity index (χ2n) is 14.7. The lowest BCUT2D eigenvalue weighted by molar-refractivity contribution is -0.158. The molecule has 0 spiro atoms. The Morgan fingerprint density at radius 2 is 1.54 bits per heavy atom. The first-order valence-electron chi connectivity index (χ1n) is 19.3. The fourth-order valence-corrected chi connectivity index (χ4v) is 6.39. The maximum absolute atomic E-state index is 14.1. The predicted molar refractivity (Wildman–Crippen MR) is 199 cm³/mol. The van der Waals surface area contributed by atoms with Gasteiger partial charge in [-0.2, -0.15) is 0 Å². The molecule has 1 saturated carbocycles. The van der Waals surface area contributed by atoms with E-state index in [1.165, 1.54) is 4.90 Å². The first-order chi connectivity index (χ1) is 24.7. The molecule has 0 aromatic heterocycles. The number of nitrogens with two attached hydrogens (primary N) is 3. The van der Waals surface area contributed by atoms with Gasteiger partial charge in [-0.05, 0) is 56.9 Å². The molecular formula is C37H69N7O8. The fraction of sp³-hybridized carbons (Fsp3) is 0.838. The lowest BCUT2D eigenvalue weighted by Crippen LogP contribution is -2.60. The molecule has 52 heavy (non-hydrogen) atoms. The number of nitrogens with one attached hydrogen (secondary N) is 3. The summed E-state index contributed by atoms with van der Waals surface area (Å²) in [6.45, 7) is 9.91. The molecule has 0 heterocycles. The van der Waals surface area contributed by atoms with Gasteiger partial charge in [-0.15, -0.1) is 0 Å². The van der Waals surface area contributed by atoms with Crippen LogP contribution >= 0.6 is 0 Å². The van der Waals surface area contributed by atoms with E-state index in [1.807, 2.05) is 13.8 Å². The Morgan fingerprint density at radius 1 is 0.865 bits per heavy atom. The van der Waals surface area contributed by atoms with E-state index in [9.17, 15) is 28.8 Å². The molecule has 0 aromatic rings. The van der Waals surface area contributed by atoms with Gasteiger partial charge in [0.05, 0.1) is 18.4 Å². The fourth-order valence-electron chi connectivity index (χ4n) is 6.39. The number of amides is 5. The van der Waals surface area contributed by atoms with Gasteiger partial charge in [-0.3, -0.25) is 28.8 Å². The average Bonchev–Trinajstić information content (AvgIpc) is 3.12. The van der Waals surface area contributed by atoms with Crippen LogP contribution < -0.4 is 33.2 Å². The molecule has 15 heteroatoms. The molecule has 5 amide bonds. The summed E-state index contributed by atoms with van der Waals surface area (Å²) in [6, 6.07) is -2.96. The first kappa shape index (κ1) is 46.7. The Morgan fingerprint density at radius 3 is 2.12 bits per heavy atom. The number of esters is 1. The molecule has 300 valence electrons.